The van der Waals surface area contributed by atoms with E-state index in [9.17, 15) is 13.6 Å². The van der Waals surface area contributed by atoms with E-state index in [0.29, 0.717) is 18.5 Å². The van der Waals surface area contributed by atoms with Crippen molar-refractivity contribution < 1.29 is 13.6 Å². The second-order valence-electron chi connectivity index (χ2n) is 5.79. The molecular formula is C15H19ClF2N4O. The second-order valence-corrected chi connectivity index (χ2v) is 6.17. The van der Waals surface area contributed by atoms with E-state index in [-0.39, 0.29) is 12.3 Å². The summed E-state index contributed by atoms with van der Waals surface area (Å²) in [5, 5.41) is 5.11. The number of nitrogens with zero attached hydrogens (tertiary/aromatic N) is 4. The molecule has 1 amide bonds. The van der Waals surface area contributed by atoms with Crippen LogP contribution in [0.5, 0.6) is 0 Å². The highest BCUT2D eigenvalue weighted by molar-refractivity contribution is 6.17. The number of hydrogen-bond acceptors (Lipinski definition) is 4. The number of rotatable bonds is 6. The summed E-state index contributed by atoms with van der Waals surface area (Å²) in [5.41, 5.74) is -0.534. The first-order chi connectivity index (χ1) is 10.9. The second kappa shape index (κ2) is 7.29. The maximum Gasteiger partial charge on any atom is 0.255 e. The van der Waals surface area contributed by atoms with Gasteiger partial charge in [-0.25, -0.2) is 13.8 Å². The highest BCUT2D eigenvalue weighted by Gasteiger charge is 2.47. The Morgan fingerprint density at radius 2 is 2.22 bits per heavy atom. The van der Waals surface area contributed by atoms with E-state index >= 15 is 0 Å². The quantitative estimate of drug-likeness (QED) is 0.744. The van der Waals surface area contributed by atoms with Crippen molar-refractivity contribution >= 4 is 23.7 Å². The fraction of sp³-hybridized carbons (Fsp3) is 0.600. The molecule has 8 heteroatoms. The monoisotopic (exact) mass is 344 g/mol. The summed E-state index contributed by atoms with van der Waals surface area (Å²) in [6.07, 6.45) is 2.64. The minimum absolute atomic E-state index is 0.00527. The lowest BCUT2D eigenvalue weighted by molar-refractivity contribution is -0.153. The zero-order chi connectivity index (χ0) is 17.0. The molecule has 5 nitrogen and oxygen atoms in total. The Bertz CT molecular complexity index is 581. The van der Waals surface area contributed by atoms with Gasteiger partial charge in [0.2, 0.25) is 0 Å². The lowest BCUT2D eigenvalue weighted by atomic mass is 9.84. The lowest BCUT2D eigenvalue weighted by Gasteiger charge is -2.32. The third-order valence-corrected chi connectivity index (χ3v) is 4.25. The molecule has 0 bridgehead atoms. The van der Waals surface area contributed by atoms with Gasteiger partial charge in [0.05, 0.1) is 17.6 Å². The van der Waals surface area contributed by atoms with Crippen molar-refractivity contribution in [2.45, 2.75) is 45.6 Å². The first-order valence-corrected chi connectivity index (χ1v) is 7.92. The molecule has 1 aliphatic heterocycles. The summed E-state index contributed by atoms with van der Waals surface area (Å²) in [7, 11) is 0. The normalized spacial score (nSPS) is 20.1. The summed E-state index contributed by atoms with van der Waals surface area (Å²) < 4.78 is 27.0. The Labute approximate surface area is 138 Å². The van der Waals surface area contributed by atoms with E-state index in [1.54, 1.807) is 19.3 Å². The number of aromatic nitrogens is 2. The molecule has 0 N–H and O–H groups in total. The minimum atomic E-state index is -2.79. The van der Waals surface area contributed by atoms with Crippen molar-refractivity contribution in [3.63, 3.8) is 0 Å². The van der Waals surface area contributed by atoms with Gasteiger partial charge in [0.25, 0.3) is 12.3 Å². The van der Waals surface area contributed by atoms with Crippen LogP contribution in [0.4, 0.5) is 8.78 Å². The standard InChI is InChI=1S/C15H19ClF2N4O/c1-10-8-20-11(9-19-10)12-4-7-21-22(12)14(23)15(2,13(17)18)5-3-6-16/h7-9,12-13H,3-6H2,1-2H3. The maximum atomic E-state index is 13.5. The SMILES string of the molecule is Cc1cnc(C2CC=NN2C(=O)C(C)(CCCCl)C(F)F)cn1. The first-order valence-electron chi connectivity index (χ1n) is 7.39. The van der Waals surface area contributed by atoms with Gasteiger partial charge >= 0.3 is 0 Å². The summed E-state index contributed by atoms with van der Waals surface area (Å²) in [5.74, 6) is -0.482. The molecule has 0 aromatic carbocycles. The van der Waals surface area contributed by atoms with Crippen molar-refractivity contribution in [2.24, 2.45) is 10.5 Å². The van der Waals surface area contributed by atoms with Crippen LogP contribution in [-0.4, -0.2) is 39.4 Å². The number of hydrogen-bond donors (Lipinski definition) is 0. The van der Waals surface area contributed by atoms with Crippen molar-refractivity contribution in [1.29, 1.82) is 0 Å². The molecule has 23 heavy (non-hydrogen) atoms. The molecule has 0 aliphatic carbocycles. The van der Waals surface area contributed by atoms with Gasteiger partial charge in [0, 0.05) is 24.7 Å². The topological polar surface area (TPSA) is 58.5 Å². The molecule has 0 saturated heterocycles. The molecule has 1 aromatic heterocycles. The lowest BCUT2D eigenvalue weighted by Crippen LogP contribution is -2.44. The third-order valence-electron chi connectivity index (χ3n) is 3.98. The molecule has 126 valence electrons. The number of hydrazone groups is 1. The van der Waals surface area contributed by atoms with E-state index in [4.69, 9.17) is 11.6 Å². The van der Waals surface area contributed by atoms with E-state index in [1.807, 2.05) is 0 Å². The van der Waals surface area contributed by atoms with Gasteiger partial charge in [-0.2, -0.15) is 5.10 Å². The zero-order valence-electron chi connectivity index (χ0n) is 13.0. The molecule has 0 radical (unpaired) electrons. The van der Waals surface area contributed by atoms with Crippen LogP contribution in [0, 0.1) is 12.3 Å². The molecule has 0 saturated carbocycles. The average molecular weight is 345 g/mol. The molecule has 2 atom stereocenters. The Balaban J connectivity index is 2.24. The Kier molecular flexibility index (Phi) is 5.62. The molecule has 2 unspecified atom stereocenters. The van der Waals surface area contributed by atoms with E-state index in [2.05, 4.69) is 15.1 Å². The van der Waals surface area contributed by atoms with Crippen molar-refractivity contribution in [3.8, 4) is 0 Å². The predicted molar refractivity (Wildman–Crippen MR) is 83.5 cm³/mol. The zero-order valence-corrected chi connectivity index (χ0v) is 13.8. The average Bonchev–Trinajstić information content (AvgIpc) is 3.01. The van der Waals surface area contributed by atoms with Crippen LogP contribution in [0.1, 0.15) is 43.6 Å². The number of carbonyl (C=O) groups excluding carboxylic acids is 1. The Morgan fingerprint density at radius 1 is 1.48 bits per heavy atom. The van der Waals surface area contributed by atoms with Gasteiger partial charge in [-0.1, -0.05) is 0 Å². The summed E-state index contributed by atoms with van der Waals surface area (Å²) in [4.78, 5) is 21.1. The van der Waals surface area contributed by atoms with Crippen LogP contribution in [-0.2, 0) is 4.79 Å². The van der Waals surface area contributed by atoms with Crippen molar-refractivity contribution in [3.05, 3.63) is 23.8 Å². The smallest absolute Gasteiger partial charge is 0.255 e. The number of aryl methyl sites for hydroxylation is 1. The van der Waals surface area contributed by atoms with E-state index in [0.717, 1.165) is 10.7 Å². The van der Waals surface area contributed by atoms with Gasteiger partial charge in [-0.15, -0.1) is 11.6 Å². The number of alkyl halides is 3. The van der Waals surface area contributed by atoms with Crippen LogP contribution in [0.3, 0.4) is 0 Å². The number of carbonyl (C=O) groups is 1. The summed E-state index contributed by atoms with van der Waals surface area (Å²) in [6, 6.07) is -0.496. The van der Waals surface area contributed by atoms with E-state index < -0.39 is 23.8 Å². The molecule has 0 fully saturated rings. The van der Waals surface area contributed by atoms with Crippen LogP contribution < -0.4 is 0 Å². The largest absolute Gasteiger partial charge is 0.272 e. The van der Waals surface area contributed by atoms with Gasteiger partial charge in [-0.3, -0.25) is 14.8 Å². The fourth-order valence-electron chi connectivity index (χ4n) is 2.44. The molecule has 1 aliphatic rings. The third kappa shape index (κ3) is 3.65. The minimum Gasteiger partial charge on any atom is -0.272 e. The highest BCUT2D eigenvalue weighted by Crippen LogP contribution is 2.38. The van der Waals surface area contributed by atoms with Crippen LogP contribution in [0.2, 0.25) is 0 Å². The molecule has 0 spiro atoms. The van der Waals surface area contributed by atoms with Gasteiger partial charge in [0.1, 0.15) is 11.5 Å². The number of amides is 1. The van der Waals surface area contributed by atoms with Crippen molar-refractivity contribution in [2.75, 3.05) is 5.88 Å². The Hall–Kier alpha value is -1.63. The van der Waals surface area contributed by atoms with Crippen LogP contribution >= 0.6 is 11.6 Å². The molecule has 2 rings (SSSR count). The van der Waals surface area contributed by atoms with Crippen LogP contribution in [0.25, 0.3) is 0 Å². The van der Waals surface area contributed by atoms with E-state index in [1.165, 1.54) is 13.1 Å². The van der Waals surface area contributed by atoms with Gasteiger partial charge in [0.15, 0.2) is 0 Å². The molecular weight excluding hydrogens is 326 g/mol. The van der Waals surface area contributed by atoms with Gasteiger partial charge in [-0.05, 0) is 26.7 Å². The predicted octanol–water partition coefficient (Wildman–Crippen LogP) is 3.33. The van der Waals surface area contributed by atoms with Gasteiger partial charge < -0.3 is 0 Å². The maximum absolute atomic E-state index is 13.5. The molecule has 1 aromatic rings. The summed E-state index contributed by atoms with van der Waals surface area (Å²) in [6.45, 7) is 3.06. The molecule has 2 heterocycles. The Morgan fingerprint density at radius 3 is 2.78 bits per heavy atom. The summed E-state index contributed by atoms with van der Waals surface area (Å²) >= 11 is 5.60. The fourth-order valence-corrected chi connectivity index (χ4v) is 2.57. The number of halogens is 3. The highest BCUT2D eigenvalue weighted by atomic mass is 35.5. The van der Waals surface area contributed by atoms with Crippen molar-refractivity contribution in [1.82, 2.24) is 15.0 Å². The first kappa shape index (κ1) is 17.7. The van der Waals surface area contributed by atoms with Crippen LogP contribution in [0.15, 0.2) is 17.5 Å².